The summed E-state index contributed by atoms with van der Waals surface area (Å²) in [5, 5.41) is 0. The first-order valence-corrected chi connectivity index (χ1v) is 6.15. The fourth-order valence-corrected chi connectivity index (χ4v) is 2.04. The van der Waals surface area contributed by atoms with Crippen LogP contribution in [0.2, 0.25) is 0 Å². The summed E-state index contributed by atoms with van der Waals surface area (Å²) in [6.45, 7) is 0. The molecule has 0 atom stereocenters. The predicted octanol–water partition coefficient (Wildman–Crippen LogP) is 2.89. The molecule has 0 N–H and O–H groups in total. The maximum atomic E-state index is 12.5. The van der Waals surface area contributed by atoms with Gasteiger partial charge in [-0.1, -0.05) is 18.2 Å². The van der Waals surface area contributed by atoms with Crippen LogP contribution in [0.1, 0.15) is 23.2 Å². The van der Waals surface area contributed by atoms with Crippen LogP contribution in [-0.2, 0) is 0 Å². The summed E-state index contributed by atoms with van der Waals surface area (Å²) in [7, 11) is 0. The number of anilines is 1. The fourth-order valence-electron chi connectivity index (χ4n) is 2.04. The molecular weight excluding hydrogens is 224 g/mol. The molecule has 2 aromatic rings. The molecule has 0 saturated heterocycles. The Balaban J connectivity index is 1.94. The lowest BCUT2D eigenvalue weighted by molar-refractivity contribution is 0.0985. The third-order valence-corrected chi connectivity index (χ3v) is 3.08. The largest absolute Gasteiger partial charge is 0.304 e. The van der Waals surface area contributed by atoms with E-state index in [-0.39, 0.29) is 5.91 Å². The topological polar surface area (TPSA) is 33.2 Å². The summed E-state index contributed by atoms with van der Waals surface area (Å²) in [5.74, 6) is 0.0612. The molecule has 1 saturated carbocycles. The highest BCUT2D eigenvalue weighted by Crippen LogP contribution is 2.32. The number of nitrogens with zero attached hydrogens (tertiary/aromatic N) is 2. The highest BCUT2D eigenvalue weighted by Gasteiger charge is 2.34. The average Bonchev–Trinajstić information content (AvgIpc) is 3.26. The van der Waals surface area contributed by atoms with E-state index in [1.807, 2.05) is 47.4 Å². The molecule has 1 amide bonds. The minimum Gasteiger partial charge on any atom is -0.304 e. The molecule has 90 valence electrons. The van der Waals surface area contributed by atoms with Gasteiger partial charge in [0.2, 0.25) is 0 Å². The smallest absolute Gasteiger partial charge is 0.258 e. The Morgan fingerprint density at radius 3 is 2.50 bits per heavy atom. The van der Waals surface area contributed by atoms with Gasteiger partial charge in [-0.25, -0.2) is 0 Å². The van der Waals surface area contributed by atoms with Crippen molar-refractivity contribution in [3.8, 4) is 0 Å². The van der Waals surface area contributed by atoms with Gasteiger partial charge >= 0.3 is 0 Å². The van der Waals surface area contributed by atoms with Crippen LogP contribution in [0, 0.1) is 0 Å². The number of aromatic nitrogens is 1. The van der Waals surface area contributed by atoms with Crippen molar-refractivity contribution in [1.29, 1.82) is 0 Å². The highest BCUT2D eigenvalue weighted by atomic mass is 16.2. The van der Waals surface area contributed by atoms with E-state index in [1.54, 1.807) is 12.4 Å². The first kappa shape index (κ1) is 11.0. The van der Waals surface area contributed by atoms with E-state index in [4.69, 9.17) is 0 Å². The van der Waals surface area contributed by atoms with Crippen molar-refractivity contribution in [3.05, 3.63) is 60.4 Å². The summed E-state index contributed by atoms with van der Waals surface area (Å²) in [6.07, 6.45) is 5.63. The maximum absolute atomic E-state index is 12.5. The molecule has 1 aliphatic rings. The molecule has 1 aromatic heterocycles. The molecule has 3 rings (SSSR count). The normalized spacial score (nSPS) is 14.2. The van der Waals surface area contributed by atoms with Gasteiger partial charge in [-0.05, 0) is 37.1 Å². The third-order valence-electron chi connectivity index (χ3n) is 3.08. The SMILES string of the molecule is O=C(c1ccccc1)N(c1cccnc1)C1CC1. The Morgan fingerprint density at radius 1 is 1.11 bits per heavy atom. The van der Waals surface area contributed by atoms with Gasteiger partial charge in [0.1, 0.15) is 0 Å². The van der Waals surface area contributed by atoms with E-state index < -0.39 is 0 Å². The van der Waals surface area contributed by atoms with E-state index in [0.29, 0.717) is 6.04 Å². The van der Waals surface area contributed by atoms with Gasteiger partial charge in [-0.2, -0.15) is 0 Å². The Kier molecular flexibility index (Phi) is 2.81. The van der Waals surface area contributed by atoms with Gasteiger partial charge in [0.05, 0.1) is 11.9 Å². The molecule has 0 spiro atoms. The molecule has 3 nitrogen and oxygen atoms in total. The maximum Gasteiger partial charge on any atom is 0.258 e. The van der Waals surface area contributed by atoms with Crippen molar-refractivity contribution in [2.75, 3.05) is 4.90 Å². The molecule has 0 aliphatic heterocycles. The third kappa shape index (κ3) is 2.12. The average molecular weight is 238 g/mol. The first-order valence-electron chi connectivity index (χ1n) is 6.15. The van der Waals surface area contributed by atoms with E-state index >= 15 is 0 Å². The zero-order valence-electron chi connectivity index (χ0n) is 9.99. The van der Waals surface area contributed by atoms with Crippen molar-refractivity contribution < 1.29 is 4.79 Å². The van der Waals surface area contributed by atoms with Crippen molar-refractivity contribution >= 4 is 11.6 Å². The molecule has 18 heavy (non-hydrogen) atoms. The van der Waals surface area contributed by atoms with Crippen LogP contribution in [0.4, 0.5) is 5.69 Å². The van der Waals surface area contributed by atoms with Gasteiger partial charge < -0.3 is 4.90 Å². The summed E-state index contributed by atoms with van der Waals surface area (Å²) in [4.78, 5) is 18.5. The molecule has 3 heteroatoms. The molecule has 1 fully saturated rings. The molecule has 1 heterocycles. The highest BCUT2D eigenvalue weighted by molar-refractivity contribution is 6.06. The number of carbonyl (C=O) groups excluding carboxylic acids is 1. The lowest BCUT2D eigenvalue weighted by Crippen LogP contribution is -2.33. The number of benzene rings is 1. The van der Waals surface area contributed by atoms with Crippen LogP contribution in [0.5, 0.6) is 0 Å². The number of amides is 1. The Bertz CT molecular complexity index is 535. The summed E-state index contributed by atoms with van der Waals surface area (Å²) < 4.78 is 0. The van der Waals surface area contributed by atoms with Crippen molar-refractivity contribution in [2.24, 2.45) is 0 Å². The second-order valence-electron chi connectivity index (χ2n) is 4.48. The zero-order valence-corrected chi connectivity index (χ0v) is 9.99. The van der Waals surface area contributed by atoms with Crippen molar-refractivity contribution in [1.82, 2.24) is 4.98 Å². The van der Waals surface area contributed by atoms with E-state index in [1.165, 1.54) is 0 Å². The van der Waals surface area contributed by atoms with Crippen LogP contribution >= 0.6 is 0 Å². The van der Waals surface area contributed by atoms with Gasteiger partial charge in [-0.15, -0.1) is 0 Å². The van der Waals surface area contributed by atoms with Gasteiger partial charge in [0.15, 0.2) is 0 Å². The monoisotopic (exact) mass is 238 g/mol. The first-order chi connectivity index (χ1) is 8.86. The van der Waals surface area contributed by atoms with Gasteiger partial charge in [0, 0.05) is 17.8 Å². The lowest BCUT2D eigenvalue weighted by atomic mass is 10.2. The molecule has 1 aromatic carbocycles. The Labute approximate surface area is 106 Å². The molecule has 1 aliphatic carbocycles. The standard InChI is InChI=1S/C15H14N2O/c18-15(12-5-2-1-3-6-12)17(13-8-9-13)14-7-4-10-16-11-14/h1-7,10-11,13H,8-9H2. The number of hydrogen-bond donors (Lipinski definition) is 0. The van der Waals surface area contributed by atoms with Crippen LogP contribution < -0.4 is 4.90 Å². The van der Waals surface area contributed by atoms with Crippen LogP contribution in [0.25, 0.3) is 0 Å². The number of rotatable bonds is 3. The summed E-state index contributed by atoms with van der Waals surface area (Å²) in [6, 6.07) is 13.5. The van der Waals surface area contributed by atoms with E-state index in [9.17, 15) is 4.79 Å². The molecule has 0 bridgehead atoms. The van der Waals surface area contributed by atoms with Crippen LogP contribution in [0.15, 0.2) is 54.9 Å². The van der Waals surface area contributed by atoms with Crippen molar-refractivity contribution in [2.45, 2.75) is 18.9 Å². The second-order valence-corrected chi connectivity index (χ2v) is 4.48. The summed E-state index contributed by atoms with van der Waals surface area (Å²) >= 11 is 0. The number of hydrogen-bond acceptors (Lipinski definition) is 2. The minimum absolute atomic E-state index is 0.0612. The Hall–Kier alpha value is -2.16. The van der Waals surface area contributed by atoms with Crippen LogP contribution in [0.3, 0.4) is 0 Å². The molecule has 0 radical (unpaired) electrons. The van der Waals surface area contributed by atoms with E-state index in [0.717, 1.165) is 24.1 Å². The number of pyridine rings is 1. The lowest BCUT2D eigenvalue weighted by Gasteiger charge is -2.22. The second kappa shape index (κ2) is 4.61. The van der Waals surface area contributed by atoms with E-state index in [2.05, 4.69) is 4.98 Å². The fraction of sp³-hybridized carbons (Fsp3) is 0.200. The minimum atomic E-state index is 0.0612. The van der Waals surface area contributed by atoms with Gasteiger partial charge in [0.25, 0.3) is 5.91 Å². The molecule has 0 unspecified atom stereocenters. The zero-order chi connectivity index (χ0) is 12.4. The summed E-state index contributed by atoms with van der Waals surface area (Å²) in [5.41, 5.74) is 1.61. The molecular formula is C15H14N2O. The van der Waals surface area contributed by atoms with Crippen LogP contribution in [-0.4, -0.2) is 16.9 Å². The Morgan fingerprint density at radius 2 is 1.89 bits per heavy atom. The van der Waals surface area contributed by atoms with Crippen molar-refractivity contribution in [3.63, 3.8) is 0 Å². The number of carbonyl (C=O) groups is 1. The quantitative estimate of drug-likeness (QED) is 0.823. The van der Waals surface area contributed by atoms with Gasteiger partial charge in [-0.3, -0.25) is 9.78 Å². The predicted molar refractivity (Wildman–Crippen MR) is 70.5 cm³/mol.